The number of para-hydroxylation sites is 1. The third-order valence-electron chi connectivity index (χ3n) is 5.14. The van der Waals surface area contributed by atoms with Crippen LogP contribution in [-0.4, -0.2) is 9.66 Å². The van der Waals surface area contributed by atoms with Crippen molar-refractivity contribution in [2.24, 2.45) is 0 Å². The van der Waals surface area contributed by atoms with Gasteiger partial charge in [0, 0.05) is 5.56 Å². The Morgan fingerprint density at radius 2 is 1.77 bits per heavy atom. The number of halogens is 1. The third-order valence-corrected chi connectivity index (χ3v) is 5.14. The predicted molar refractivity (Wildman–Crippen MR) is 120 cm³/mol. The van der Waals surface area contributed by atoms with Gasteiger partial charge in [-0.3, -0.25) is 4.79 Å². The zero-order valence-electron chi connectivity index (χ0n) is 16.9. The number of nitrogens with zero attached hydrogens (tertiary/aromatic N) is 2. The lowest BCUT2D eigenvalue weighted by Gasteiger charge is -2.16. The normalized spacial score (nSPS) is 11.0. The summed E-state index contributed by atoms with van der Waals surface area (Å²) < 4.78 is 15.0. The Kier molecular flexibility index (Phi) is 5.89. The first-order valence-corrected chi connectivity index (χ1v) is 10.2. The Labute approximate surface area is 175 Å². The minimum Gasteiger partial charge on any atom is -0.317 e. The van der Waals surface area contributed by atoms with Gasteiger partial charge < -0.3 is 5.43 Å². The summed E-state index contributed by atoms with van der Waals surface area (Å²) in [7, 11) is 0. The Balaban J connectivity index is 1.75. The number of fused-ring (bicyclic) bond motifs is 1. The number of hydrogen-bond acceptors (Lipinski definition) is 3. The van der Waals surface area contributed by atoms with Gasteiger partial charge in [0.1, 0.15) is 5.82 Å². The van der Waals surface area contributed by atoms with E-state index < -0.39 is 0 Å². The van der Waals surface area contributed by atoms with Crippen molar-refractivity contribution in [2.75, 3.05) is 5.43 Å². The van der Waals surface area contributed by atoms with E-state index in [1.54, 1.807) is 12.1 Å². The zero-order chi connectivity index (χ0) is 20.9. The van der Waals surface area contributed by atoms with E-state index >= 15 is 0 Å². The van der Waals surface area contributed by atoms with Gasteiger partial charge >= 0.3 is 0 Å². The van der Waals surface area contributed by atoms with E-state index in [2.05, 4.69) is 24.5 Å². The predicted octanol–water partition coefficient (Wildman–Crippen LogP) is 5.29. The van der Waals surface area contributed by atoms with E-state index in [0.717, 1.165) is 30.4 Å². The molecule has 0 spiro atoms. The van der Waals surface area contributed by atoms with Crippen LogP contribution in [-0.2, 0) is 13.0 Å². The lowest BCUT2D eigenvalue weighted by atomic mass is 10.1. The van der Waals surface area contributed by atoms with Gasteiger partial charge in [0.05, 0.1) is 17.4 Å². The monoisotopic (exact) mass is 401 g/mol. The van der Waals surface area contributed by atoms with Crippen molar-refractivity contribution >= 4 is 10.9 Å². The Bertz CT molecular complexity index is 1220. The molecule has 30 heavy (non-hydrogen) atoms. The molecule has 0 fully saturated rings. The molecule has 1 aromatic heterocycles. The number of aryl methyl sites for hydroxylation is 1. The van der Waals surface area contributed by atoms with E-state index in [1.807, 2.05) is 36.4 Å². The molecule has 4 nitrogen and oxygen atoms in total. The lowest BCUT2D eigenvalue weighted by Crippen LogP contribution is -2.31. The van der Waals surface area contributed by atoms with Crippen LogP contribution in [0.15, 0.2) is 77.6 Å². The number of benzene rings is 3. The van der Waals surface area contributed by atoms with Gasteiger partial charge in [-0.1, -0.05) is 61.9 Å². The number of hydrogen-bond donors (Lipinski definition) is 1. The highest BCUT2D eigenvalue weighted by atomic mass is 19.1. The first kappa shape index (κ1) is 19.8. The molecule has 4 rings (SSSR count). The van der Waals surface area contributed by atoms with Crippen molar-refractivity contribution in [2.45, 2.75) is 32.7 Å². The molecular formula is C25H24FN3O. The van der Waals surface area contributed by atoms with Crippen LogP contribution in [0, 0.1) is 5.82 Å². The van der Waals surface area contributed by atoms with E-state index in [4.69, 9.17) is 4.98 Å². The molecule has 4 aromatic rings. The summed E-state index contributed by atoms with van der Waals surface area (Å²) >= 11 is 0. The van der Waals surface area contributed by atoms with Crippen molar-refractivity contribution in [3.8, 4) is 11.4 Å². The maximum absolute atomic E-state index is 13.5. The van der Waals surface area contributed by atoms with Crippen LogP contribution < -0.4 is 11.0 Å². The molecule has 0 aliphatic heterocycles. The van der Waals surface area contributed by atoms with Crippen molar-refractivity contribution in [1.82, 2.24) is 9.66 Å². The van der Waals surface area contributed by atoms with Crippen LogP contribution >= 0.6 is 0 Å². The number of nitrogens with one attached hydrogen (secondary N) is 1. The summed E-state index contributed by atoms with van der Waals surface area (Å²) in [5, 5.41) is 0.535. The first-order valence-electron chi connectivity index (χ1n) is 10.2. The second-order valence-corrected chi connectivity index (χ2v) is 7.36. The van der Waals surface area contributed by atoms with Gasteiger partial charge in [-0.15, -0.1) is 0 Å². The molecule has 1 N–H and O–H groups in total. The lowest BCUT2D eigenvalue weighted by molar-refractivity contribution is 0.625. The van der Waals surface area contributed by atoms with E-state index in [0.29, 0.717) is 23.3 Å². The van der Waals surface area contributed by atoms with E-state index in [1.165, 1.54) is 22.4 Å². The summed E-state index contributed by atoms with van der Waals surface area (Å²) in [4.78, 5) is 18.0. The van der Waals surface area contributed by atoms with Crippen LogP contribution in [0.5, 0.6) is 0 Å². The summed E-state index contributed by atoms with van der Waals surface area (Å²) in [5.74, 6) is 0.235. The minimum atomic E-state index is -0.304. The fourth-order valence-corrected chi connectivity index (χ4v) is 3.49. The van der Waals surface area contributed by atoms with Crippen LogP contribution in [0.25, 0.3) is 22.3 Å². The van der Waals surface area contributed by atoms with E-state index in [-0.39, 0.29) is 11.4 Å². The maximum Gasteiger partial charge on any atom is 0.280 e. The smallest absolute Gasteiger partial charge is 0.280 e. The van der Waals surface area contributed by atoms with Gasteiger partial charge in [0.25, 0.3) is 5.56 Å². The van der Waals surface area contributed by atoms with Crippen molar-refractivity contribution in [3.63, 3.8) is 0 Å². The molecule has 3 aromatic carbocycles. The third kappa shape index (κ3) is 4.25. The molecule has 1 heterocycles. The highest BCUT2D eigenvalue weighted by Gasteiger charge is 2.13. The molecule has 0 saturated heterocycles. The molecule has 0 aliphatic rings. The van der Waals surface area contributed by atoms with Crippen molar-refractivity contribution in [3.05, 3.63) is 100 Å². The second kappa shape index (κ2) is 8.91. The average Bonchev–Trinajstić information content (AvgIpc) is 2.77. The molecule has 0 radical (unpaired) electrons. The molecule has 152 valence electrons. The molecule has 5 heteroatoms. The van der Waals surface area contributed by atoms with Crippen molar-refractivity contribution in [1.29, 1.82) is 0 Å². The summed E-state index contributed by atoms with van der Waals surface area (Å²) in [6.45, 7) is 2.48. The number of rotatable bonds is 7. The SMILES string of the molecule is CCCCc1ccc(-c2nc3ccccc3c(=O)n2NCc2cccc(F)c2)cc1. The zero-order valence-corrected chi connectivity index (χ0v) is 16.9. The average molecular weight is 401 g/mol. The molecule has 0 unspecified atom stereocenters. The van der Waals surface area contributed by atoms with Gasteiger partial charge in [-0.25, -0.2) is 14.1 Å². The van der Waals surface area contributed by atoms with Crippen LogP contribution in [0.1, 0.15) is 30.9 Å². The van der Waals surface area contributed by atoms with Crippen LogP contribution in [0.4, 0.5) is 4.39 Å². The van der Waals surface area contributed by atoms with Gasteiger partial charge in [0.15, 0.2) is 5.82 Å². The molecule has 0 bridgehead atoms. The summed E-state index contributed by atoms with van der Waals surface area (Å²) in [6, 6.07) is 21.8. The number of aromatic nitrogens is 2. The largest absolute Gasteiger partial charge is 0.317 e. The Morgan fingerprint density at radius 3 is 2.53 bits per heavy atom. The minimum absolute atomic E-state index is 0.179. The van der Waals surface area contributed by atoms with Crippen LogP contribution in [0.2, 0.25) is 0 Å². The highest BCUT2D eigenvalue weighted by molar-refractivity contribution is 5.79. The Hall–Kier alpha value is -3.47. The van der Waals surface area contributed by atoms with Gasteiger partial charge in [-0.05, 0) is 48.2 Å². The van der Waals surface area contributed by atoms with Crippen LogP contribution in [0.3, 0.4) is 0 Å². The molecular weight excluding hydrogens is 377 g/mol. The first-order chi connectivity index (χ1) is 14.7. The fraction of sp³-hybridized carbons (Fsp3) is 0.200. The highest BCUT2D eigenvalue weighted by Crippen LogP contribution is 2.20. The summed E-state index contributed by atoms with van der Waals surface area (Å²) in [5.41, 5.74) is 6.47. The fourth-order valence-electron chi connectivity index (χ4n) is 3.49. The van der Waals surface area contributed by atoms with E-state index in [9.17, 15) is 9.18 Å². The topological polar surface area (TPSA) is 46.9 Å². The molecule has 0 amide bonds. The standard InChI is InChI=1S/C25H24FN3O/c1-2-3-7-18-12-14-20(15-13-18)24-28-23-11-5-4-10-22(23)25(30)29(24)27-17-19-8-6-9-21(26)16-19/h4-6,8-16,27H,2-3,7,17H2,1H3. The second-order valence-electron chi connectivity index (χ2n) is 7.36. The van der Waals surface area contributed by atoms with Crippen molar-refractivity contribution < 1.29 is 4.39 Å². The molecule has 0 atom stereocenters. The van der Waals surface area contributed by atoms with Gasteiger partial charge in [-0.2, -0.15) is 0 Å². The maximum atomic E-state index is 13.5. The molecule has 0 saturated carbocycles. The van der Waals surface area contributed by atoms with Gasteiger partial charge in [0.2, 0.25) is 0 Å². The molecule has 0 aliphatic carbocycles. The Morgan fingerprint density at radius 1 is 0.967 bits per heavy atom. The summed E-state index contributed by atoms with van der Waals surface area (Å²) in [6.07, 6.45) is 3.33. The quantitative estimate of drug-likeness (QED) is 0.458. The number of unbranched alkanes of at least 4 members (excludes halogenated alkanes) is 1.